The molecule has 0 bridgehead atoms. The van der Waals surface area contributed by atoms with Crippen molar-refractivity contribution in [3.05, 3.63) is 27.8 Å². The number of hydrogen-bond donors (Lipinski definition) is 0. The molecule has 6 heteroatoms. The van der Waals surface area contributed by atoms with E-state index in [1.165, 1.54) is 24.0 Å². The molecule has 2 fully saturated rings. The summed E-state index contributed by atoms with van der Waals surface area (Å²) >= 11 is 3.53. The SMILES string of the molecule is Cc1c(Br)oc2c1-c1nn(CC3COCCO3)cc1C1(CC1)C2. The van der Waals surface area contributed by atoms with Crippen molar-refractivity contribution in [2.75, 3.05) is 19.8 Å². The molecular formula is C17H19BrN2O3. The van der Waals surface area contributed by atoms with Gasteiger partial charge < -0.3 is 13.9 Å². The van der Waals surface area contributed by atoms with E-state index in [0.717, 1.165) is 34.7 Å². The molecule has 0 aromatic carbocycles. The summed E-state index contributed by atoms with van der Waals surface area (Å²) < 4.78 is 20.1. The molecule has 23 heavy (non-hydrogen) atoms. The molecule has 3 heterocycles. The van der Waals surface area contributed by atoms with Gasteiger partial charge in [0, 0.05) is 34.7 Å². The van der Waals surface area contributed by atoms with Gasteiger partial charge in [-0.3, -0.25) is 4.68 Å². The van der Waals surface area contributed by atoms with Crippen LogP contribution in [0.3, 0.4) is 0 Å². The Morgan fingerprint density at radius 3 is 3.00 bits per heavy atom. The minimum atomic E-state index is 0.0944. The van der Waals surface area contributed by atoms with Gasteiger partial charge in [-0.05, 0) is 35.7 Å². The molecule has 1 aliphatic heterocycles. The molecule has 1 spiro atoms. The van der Waals surface area contributed by atoms with Crippen LogP contribution in [-0.4, -0.2) is 35.7 Å². The van der Waals surface area contributed by atoms with Crippen molar-refractivity contribution in [2.24, 2.45) is 0 Å². The molecule has 1 saturated heterocycles. The number of fused-ring (bicyclic) bond motifs is 4. The van der Waals surface area contributed by atoms with Crippen LogP contribution in [0.4, 0.5) is 0 Å². The third-order valence-corrected chi connectivity index (χ3v) is 6.12. The third-order valence-electron chi connectivity index (χ3n) is 5.36. The normalized spacial score (nSPS) is 24.5. The van der Waals surface area contributed by atoms with Crippen LogP contribution in [0.15, 0.2) is 15.3 Å². The van der Waals surface area contributed by atoms with Gasteiger partial charge in [0.2, 0.25) is 0 Å². The largest absolute Gasteiger partial charge is 0.453 e. The van der Waals surface area contributed by atoms with E-state index in [4.69, 9.17) is 19.0 Å². The topological polar surface area (TPSA) is 49.4 Å². The molecular weight excluding hydrogens is 360 g/mol. The lowest BCUT2D eigenvalue weighted by Gasteiger charge is -2.22. The second kappa shape index (κ2) is 4.94. The lowest BCUT2D eigenvalue weighted by Crippen LogP contribution is -2.32. The molecule has 5 rings (SSSR count). The Labute approximate surface area is 143 Å². The summed E-state index contributed by atoms with van der Waals surface area (Å²) in [5, 5.41) is 4.90. The van der Waals surface area contributed by atoms with Gasteiger partial charge in [0.25, 0.3) is 0 Å². The van der Waals surface area contributed by atoms with Crippen molar-refractivity contribution in [3.63, 3.8) is 0 Å². The summed E-state index contributed by atoms with van der Waals surface area (Å²) in [6.07, 6.45) is 5.77. The van der Waals surface area contributed by atoms with Crippen LogP contribution in [0.1, 0.15) is 29.7 Å². The van der Waals surface area contributed by atoms with Gasteiger partial charge >= 0.3 is 0 Å². The number of aromatic nitrogens is 2. The van der Waals surface area contributed by atoms with Crippen LogP contribution in [0.2, 0.25) is 0 Å². The summed E-state index contributed by atoms with van der Waals surface area (Å²) in [6, 6.07) is 0. The number of halogens is 1. The lowest BCUT2D eigenvalue weighted by molar-refractivity contribution is -0.0946. The predicted molar refractivity (Wildman–Crippen MR) is 87.5 cm³/mol. The minimum Gasteiger partial charge on any atom is -0.453 e. The first-order valence-electron chi connectivity index (χ1n) is 8.22. The molecule has 1 saturated carbocycles. The fourth-order valence-corrected chi connectivity index (χ4v) is 4.31. The molecule has 2 aliphatic carbocycles. The standard InChI is InChI=1S/C17H19BrN2O3/c1-10-14-13(23-16(10)18)6-17(2-3-17)12-8-20(19-15(12)14)7-11-9-21-4-5-22-11/h8,11H,2-7,9H2,1H3. The van der Waals surface area contributed by atoms with E-state index in [9.17, 15) is 0 Å². The van der Waals surface area contributed by atoms with Crippen molar-refractivity contribution < 1.29 is 13.9 Å². The van der Waals surface area contributed by atoms with E-state index < -0.39 is 0 Å². The van der Waals surface area contributed by atoms with Gasteiger partial charge in [0.1, 0.15) is 11.9 Å². The Morgan fingerprint density at radius 2 is 2.26 bits per heavy atom. The summed E-state index contributed by atoms with van der Waals surface area (Å²) in [6.45, 7) is 4.86. The van der Waals surface area contributed by atoms with Crippen molar-refractivity contribution in [3.8, 4) is 11.3 Å². The summed E-state index contributed by atoms with van der Waals surface area (Å²) in [4.78, 5) is 0. The van der Waals surface area contributed by atoms with Gasteiger partial charge in [-0.15, -0.1) is 0 Å². The smallest absolute Gasteiger partial charge is 0.172 e. The molecule has 0 amide bonds. The third kappa shape index (κ3) is 2.15. The Hall–Kier alpha value is -1.11. The molecule has 0 N–H and O–H groups in total. The Bertz CT molecular complexity index is 769. The van der Waals surface area contributed by atoms with Crippen molar-refractivity contribution in [1.29, 1.82) is 0 Å². The number of rotatable bonds is 2. The van der Waals surface area contributed by atoms with E-state index in [1.807, 2.05) is 4.68 Å². The molecule has 3 aliphatic rings. The molecule has 0 radical (unpaired) electrons. The fraction of sp³-hybridized carbons (Fsp3) is 0.588. The zero-order valence-corrected chi connectivity index (χ0v) is 14.7. The summed E-state index contributed by atoms with van der Waals surface area (Å²) in [7, 11) is 0. The van der Waals surface area contributed by atoms with Crippen LogP contribution in [-0.2, 0) is 27.9 Å². The average Bonchev–Trinajstić information content (AvgIpc) is 3.08. The second-order valence-electron chi connectivity index (χ2n) is 6.94. The van der Waals surface area contributed by atoms with Gasteiger partial charge in [-0.1, -0.05) is 0 Å². The Balaban J connectivity index is 1.55. The van der Waals surface area contributed by atoms with Gasteiger partial charge in [0.15, 0.2) is 4.67 Å². The molecule has 2 aromatic heterocycles. The number of nitrogens with zero attached hydrogens (tertiary/aromatic N) is 2. The van der Waals surface area contributed by atoms with Crippen molar-refractivity contribution >= 4 is 15.9 Å². The number of hydrogen-bond acceptors (Lipinski definition) is 4. The van der Waals surface area contributed by atoms with Gasteiger partial charge in [-0.2, -0.15) is 5.10 Å². The van der Waals surface area contributed by atoms with Crippen molar-refractivity contribution in [2.45, 2.75) is 44.2 Å². The highest BCUT2D eigenvalue weighted by molar-refractivity contribution is 9.10. The highest BCUT2D eigenvalue weighted by Gasteiger charge is 2.51. The van der Waals surface area contributed by atoms with Crippen LogP contribution >= 0.6 is 15.9 Å². The number of ether oxygens (including phenoxy) is 2. The van der Waals surface area contributed by atoms with E-state index >= 15 is 0 Å². The van der Waals surface area contributed by atoms with Crippen LogP contribution < -0.4 is 0 Å². The highest BCUT2D eigenvalue weighted by Crippen LogP contribution is 2.58. The summed E-state index contributed by atoms with van der Waals surface area (Å²) in [5.74, 6) is 1.09. The fourth-order valence-electron chi connectivity index (χ4n) is 3.92. The zero-order valence-electron chi connectivity index (χ0n) is 13.1. The van der Waals surface area contributed by atoms with Gasteiger partial charge in [0.05, 0.1) is 32.1 Å². The predicted octanol–water partition coefficient (Wildman–Crippen LogP) is 3.22. The maximum atomic E-state index is 5.95. The minimum absolute atomic E-state index is 0.0944. The maximum absolute atomic E-state index is 5.95. The molecule has 1 atom stereocenters. The van der Waals surface area contributed by atoms with Crippen LogP contribution in [0, 0.1) is 6.92 Å². The second-order valence-corrected chi connectivity index (χ2v) is 7.66. The van der Waals surface area contributed by atoms with Crippen LogP contribution in [0.5, 0.6) is 0 Å². The highest BCUT2D eigenvalue weighted by atomic mass is 79.9. The first kappa shape index (κ1) is 14.3. The lowest BCUT2D eigenvalue weighted by atomic mass is 9.83. The Morgan fingerprint density at radius 1 is 1.39 bits per heavy atom. The quantitative estimate of drug-likeness (QED) is 0.804. The van der Waals surface area contributed by atoms with E-state index in [0.29, 0.717) is 19.8 Å². The zero-order chi connectivity index (χ0) is 15.6. The monoisotopic (exact) mass is 378 g/mol. The maximum Gasteiger partial charge on any atom is 0.172 e. The van der Waals surface area contributed by atoms with Gasteiger partial charge in [-0.25, -0.2) is 0 Å². The molecule has 2 aromatic rings. The first-order valence-corrected chi connectivity index (χ1v) is 9.01. The molecule has 5 nitrogen and oxygen atoms in total. The van der Waals surface area contributed by atoms with E-state index in [-0.39, 0.29) is 11.5 Å². The van der Waals surface area contributed by atoms with E-state index in [1.54, 1.807) is 0 Å². The molecule has 1 unspecified atom stereocenters. The number of furan rings is 1. The first-order chi connectivity index (χ1) is 11.2. The Kier molecular flexibility index (Phi) is 3.06. The van der Waals surface area contributed by atoms with Crippen molar-refractivity contribution in [1.82, 2.24) is 9.78 Å². The van der Waals surface area contributed by atoms with Crippen LogP contribution in [0.25, 0.3) is 11.3 Å². The van der Waals surface area contributed by atoms with E-state index in [2.05, 4.69) is 29.1 Å². The molecule has 122 valence electrons. The average molecular weight is 379 g/mol. The summed E-state index contributed by atoms with van der Waals surface area (Å²) in [5.41, 5.74) is 5.09.